The number of fused-ring (bicyclic) bond motifs is 1. The van der Waals surface area contributed by atoms with Crippen molar-refractivity contribution in [3.8, 4) is 5.75 Å². The molecule has 0 amide bonds. The van der Waals surface area contributed by atoms with Crippen LogP contribution in [0.1, 0.15) is 37.0 Å². The zero-order chi connectivity index (χ0) is 25.0. The van der Waals surface area contributed by atoms with Crippen molar-refractivity contribution in [2.24, 2.45) is 0 Å². The number of nitrogens with zero attached hydrogens (tertiary/aromatic N) is 1. The van der Waals surface area contributed by atoms with Gasteiger partial charge in [0.05, 0.1) is 18.6 Å². The molecule has 1 N–H and O–H groups in total. The van der Waals surface area contributed by atoms with E-state index < -0.39 is 27.3 Å². The number of benzene rings is 2. The van der Waals surface area contributed by atoms with E-state index in [0.717, 1.165) is 0 Å². The van der Waals surface area contributed by atoms with Crippen LogP contribution in [0.2, 0.25) is 0 Å². The summed E-state index contributed by atoms with van der Waals surface area (Å²) < 4.78 is 66.7. The number of sulfonamides is 1. The Balaban J connectivity index is 2.15. The van der Waals surface area contributed by atoms with Crippen LogP contribution in [0.3, 0.4) is 0 Å². The Morgan fingerprint density at radius 3 is 2.53 bits per heavy atom. The smallest absolute Gasteiger partial charge is 0.340 e. The van der Waals surface area contributed by atoms with Crippen LogP contribution in [0, 0.1) is 11.6 Å². The lowest BCUT2D eigenvalue weighted by Crippen LogP contribution is -2.22. The van der Waals surface area contributed by atoms with E-state index in [1.165, 1.54) is 37.4 Å². The van der Waals surface area contributed by atoms with Gasteiger partial charge in [-0.05, 0) is 43.3 Å². The molecule has 0 bridgehead atoms. The Labute approximate surface area is 197 Å². The highest BCUT2D eigenvalue weighted by molar-refractivity contribution is 7.92. The van der Waals surface area contributed by atoms with E-state index in [4.69, 9.17) is 9.15 Å². The molecule has 0 fully saturated rings. The molecule has 0 aliphatic heterocycles. The molecular weight excluding hydrogens is 466 g/mol. The number of ether oxygens (including phenoxy) is 1. The molecule has 7 nitrogen and oxygen atoms in total. The predicted molar refractivity (Wildman–Crippen MR) is 128 cm³/mol. The second kappa shape index (κ2) is 10.5. The molecule has 10 heteroatoms. The first kappa shape index (κ1) is 25.6. The molecule has 0 aliphatic rings. The Hall–Kier alpha value is -2.98. The highest BCUT2D eigenvalue weighted by atomic mass is 32.2. The van der Waals surface area contributed by atoms with Crippen LogP contribution in [0.5, 0.6) is 5.75 Å². The van der Waals surface area contributed by atoms with Crippen LogP contribution in [-0.2, 0) is 23.0 Å². The number of hydrogen-bond acceptors (Lipinski definition) is 6. The van der Waals surface area contributed by atoms with E-state index in [1.807, 2.05) is 18.9 Å². The maximum Gasteiger partial charge on any atom is 0.340 e. The molecule has 2 aromatic carbocycles. The van der Waals surface area contributed by atoms with Gasteiger partial charge in [0.25, 0.3) is 0 Å². The molecule has 1 aromatic heterocycles. The summed E-state index contributed by atoms with van der Waals surface area (Å²) in [6.45, 7) is 4.59. The van der Waals surface area contributed by atoms with Gasteiger partial charge in [-0.3, -0.25) is 4.72 Å². The predicted octanol–water partition coefficient (Wildman–Crippen LogP) is 4.27. The van der Waals surface area contributed by atoms with E-state index >= 15 is 4.39 Å². The zero-order valence-electron chi connectivity index (χ0n) is 19.6. The van der Waals surface area contributed by atoms with Crippen LogP contribution in [0.4, 0.5) is 14.5 Å². The minimum Gasteiger partial charge on any atom is -0.494 e. The number of halogens is 2. The van der Waals surface area contributed by atoms with Crippen LogP contribution < -0.4 is 15.1 Å². The van der Waals surface area contributed by atoms with Crippen molar-refractivity contribution in [1.82, 2.24) is 4.90 Å². The summed E-state index contributed by atoms with van der Waals surface area (Å²) in [6, 6.07) is 6.86. The monoisotopic (exact) mass is 494 g/mol. The molecule has 3 rings (SSSR count). The molecule has 0 aliphatic carbocycles. The standard InChI is InChI=1S/C24H28F2N2O5S/c1-5-10-34(30,31)27-20-9-7-8-15(23(20)26)11-17-18(14-28(3)6-2)16-12-19(25)22(32-4)13-21(16)33-24(17)29/h7-9,12-13,27H,5-6,10-11,14H2,1-4H3. The summed E-state index contributed by atoms with van der Waals surface area (Å²) in [6.07, 6.45) is 0.221. The normalized spacial score (nSPS) is 11.9. The molecule has 0 unspecified atom stereocenters. The maximum atomic E-state index is 15.3. The third-order valence-corrected chi connectivity index (χ3v) is 7.02. The summed E-state index contributed by atoms with van der Waals surface area (Å²) in [7, 11) is -0.549. The fourth-order valence-corrected chi connectivity index (χ4v) is 4.80. The highest BCUT2D eigenvalue weighted by Gasteiger charge is 2.21. The fraction of sp³-hybridized carbons (Fsp3) is 0.375. The van der Waals surface area contributed by atoms with Crippen molar-refractivity contribution in [2.75, 3.05) is 31.2 Å². The number of rotatable bonds is 10. The van der Waals surface area contributed by atoms with Crippen molar-refractivity contribution in [1.29, 1.82) is 0 Å². The second-order valence-electron chi connectivity index (χ2n) is 8.04. The molecule has 3 aromatic rings. The number of nitrogens with one attached hydrogen (secondary N) is 1. The molecule has 0 saturated carbocycles. The van der Waals surface area contributed by atoms with Crippen molar-refractivity contribution in [2.45, 2.75) is 33.2 Å². The Bertz CT molecular complexity index is 1360. The van der Waals surface area contributed by atoms with Gasteiger partial charge in [-0.2, -0.15) is 0 Å². The Morgan fingerprint density at radius 1 is 1.15 bits per heavy atom. The summed E-state index contributed by atoms with van der Waals surface area (Å²) >= 11 is 0. The van der Waals surface area contributed by atoms with Gasteiger partial charge >= 0.3 is 5.63 Å². The van der Waals surface area contributed by atoms with Gasteiger partial charge in [-0.15, -0.1) is 0 Å². The molecule has 184 valence electrons. The minimum atomic E-state index is -3.70. The first-order valence-corrected chi connectivity index (χ1v) is 12.5. The SMILES string of the molecule is CCCS(=O)(=O)Nc1cccc(Cc2c(CN(C)CC)c3cc(F)c(OC)cc3oc2=O)c1F. The van der Waals surface area contributed by atoms with E-state index in [-0.39, 0.29) is 40.3 Å². The molecular formula is C24H28F2N2O5S. The number of anilines is 1. The van der Waals surface area contributed by atoms with E-state index in [9.17, 15) is 17.6 Å². The molecule has 0 saturated heterocycles. The fourth-order valence-electron chi connectivity index (χ4n) is 3.67. The Morgan fingerprint density at radius 2 is 1.88 bits per heavy atom. The van der Waals surface area contributed by atoms with Gasteiger partial charge < -0.3 is 14.1 Å². The number of hydrogen-bond donors (Lipinski definition) is 1. The van der Waals surface area contributed by atoms with Gasteiger partial charge in [-0.1, -0.05) is 26.0 Å². The van der Waals surface area contributed by atoms with Crippen molar-refractivity contribution >= 4 is 26.7 Å². The van der Waals surface area contributed by atoms with Gasteiger partial charge in [0.2, 0.25) is 10.0 Å². The summed E-state index contributed by atoms with van der Waals surface area (Å²) in [5, 5.41) is 0.383. The summed E-state index contributed by atoms with van der Waals surface area (Å²) in [4.78, 5) is 14.9. The molecule has 1 heterocycles. The first-order valence-electron chi connectivity index (χ1n) is 10.9. The lowest BCUT2D eigenvalue weighted by Gasteiger charge is -2.19. The van der Waals surface area contributed by atoms with Gasteiger partial charge in [0.1, 0.15) is 5.58 Å². The van der Waals surface area contributed by atoms with E-state index in [1.54, 1.807) is 6.92 Å². The largest absolute Gasteiger partial charge is 0.494 e. The number of methoxy groups -OCH3 is 1. The van der Waals surface area contributed by atoms with Crippen molar-refractivity contribution < 1.29 is 26.4 Å². The molecule has 0 radical (unpaired) electrons. The minimum absolute atomic E-state index is 0.0590. The van der Waals surface area contributed by atoms with Crippen molar-refractivity contribution in [3.05, 3.63) is 69.1 Å². The van der Waals surface area contributed by atoms with Gasteiger partial charge in [0.15, 0.2) is 17.4 Å². The van der Waals surface area contributed by atoms with Crippen molar-refractivity contribution in [3.63, 3.8) is 0 Å². The van der Waals surface area contributed by atoms with Gasteiger partial charge in [-0.25, -0.2) is 22.0 Å². The summed E-state index contributed by atoms with van der Waals surface area (Å²) in [5.74, 6) is -1.60. The first-order chi connectivity index (χ1) is 16.1. The van der Waals surface area contributed by atoms with E-state index in [0.29, 0.717) is 30.5 Å². The third-order valence-electron chi connectivity index (χ3n) is 5.54. The quantitative estimate of drug-likeness (QED) is 0.424. The van der Waals surface area contributed by atoms with E-state index in [2.05, 4.69) is 4.72 Å². The van der Waals surface area contributed by atoms with Crippen LogP contribution in [0.25, 0.3) is 11.0 Å². The van der Waals surface area contributed by atoms with Crippen LogP contribution >= 0.6 is 0 Å². The van der Waals surface area contributed by atoms with Gasteiger partial charge in [0, 0.05) is 30.0 Å². The average Bonchev–Trinajstić information content (AvgIpc) is 2.78. The third kappa shape index (κ3) is 5.56. The second-order valence-corrected chi connectivity index (χ2v) is 9.88. The average molecular weight is 495 g/mol. The lowest BCUT2D eigenvalue weighted by atomic mass is 9.97. The highest BCUT2D eigenvalue weighted by Crippen LogP contribution is 2.30. The van der Waals surface area contributed by atoms with Crippen LogP contribution in [-0.4, -0.2) is 39.8 Å². The zero-order valence-corrected chi connectivity index (χ0v) is 20.4. The lowest BCUT2D eigenvalue weighted by molar-refractivity contribution is 0.344. The molecule has 0 spiro atoms. The molecule has 34 heavy (non-hydrogen) atoms. The molecule has 0 atom stereocenters. The maximum absolute atomic E-state index is 15.3. The van der Waals surface area contributed by atoms with Crippen LogP contribution in [0.15, 0.2) is 39.5 Å². The topological polar surface area (TPSA) is 88.8 Å². The summed E-state index contributed by atoms with van der Waals surface area (Å²) in [5.41, 5.74) is 0.0697. The Kier molecular flexibility index (Phi) is 7.93.